The van der Waals surface area contributed by atoms with E-state index in [2.05, 4.69) is 15.6 Å². The number of anilines is 2. The predicted molar refractivity (Wildman–Crippen MR) is 99.7 cm³/mol. The summed E-state index contributed by atoms with van der Waals surface area (Å²) in [7, 11) is 3.75. The van der Waals surface area contributed by atoms with Crippen LogP contribution in [0.15, 0.2) is 42.6 Å². The molecule has 6 nitrogen and oxygen atoms in total. The fraction of sp³-hybridized carbons (Fsp3) is 0.316. The first-order chi connectivity index (χ1) is 12.3. The molecule has 0 spiro atoms. The van der Waals surface area contributed by atoms with Crippen molar-refractivity contribution in [2.24, 2.45) is 5.92 Å². The van der Waals surface area contributed by atoms with E-state index < -0.39 is 17.8 Å². The first-order valence-electron chi connectivity index (χ1n) is 8.28. The van der Waals surface area contributed by atoms with Gasteiger partial charge in [-0.05, 0) is 42.3 Å². The monoisotopic (exact) mass is 358 g/mol. The first kappa shape index (κ1) is 19.4. The van der Waals surface area contributed by atoms with Gasteiger partial charge >= 0.3 is 0 Å². The molecule has 138 valence electrons. The van der Waals surface area contributed by atoms with Gasteiger partial charge in [0.05, 0.1) is 11.9 Å². The zero-order valence-electron chi connectivity index (χ0n) is 15.3. The molecule has 2 amide bonds. The Hall–Kier alpha value is -2.96. The Morgan fingerprint density at radius 2 is 1.73 bits per heavy atom. The molecule has 2 N–H and O–H groups in total. The van der Waals surface area contributed by atoms with E-state index >= 15 is 0 Å². The highest BCUT2D eigenvalue weighted by molar-refractivity contribution is 6.01. The minimum atomic E-state index is -0.735. The topological polar surface area (TPSA) is 74.3 Å². The molecule has 1 aromatic heterocycles. The maximum absolute atomic E-state index is 13.0. The van der Waals surface area contributed by atoms with Crippen LogP contribution in [-0.4, -0.2) is 36.9 Å². The van der Waals surface area contributed by atoms with Crippen LogP contribution in [0.3, 0.4) is 0 Å². The number of benzene rings is 1. The maximum Gasteiger partial charge on any atom is 0.251 e. The van der Waals surface area contributed by atoms with Gasteiger partial charge in [-0.15, -0.1) is 0 Å². The second-order valence-corrected chi connectivity index (χ2v) is 6.49. The Kier molecular flexibility index (Phi) is 6.27. The van der Waals surface area contributed by atoms with E-state index in [0.29, 0.717) is 11.3 Å². The summed E-state index contributed by atoms with van der Waals surface area (Å²) in [6.07, 6.45) is 1.56. The molecule has 7 heteroatoms. The number of rotatable bonds is 6. The van der Waals surface area contributed by atoms with Crippen molar-refractivity contribution >= 4 is 23.3 Å². The summed E-state index contributed by atoms with van der Waals surface area (Å²) < 4.78 is 13.0. The third kappa shape index (κ3) is 5.02. The van der Waals surface area contributed by atoms with E-state index in [1.54, 1.807) is 18.3 Å². The molecule has 0 radical (unpaired) electrons. The molecule has 0 bridgehead atoms. The molecule has 26 heavy (non-hydrogen) atoms. The van der Waals surface area contributed by atoms with Gasteiger partial charge in [0.15, 0.2) is 0 Å². The molecule has 1 heterocycles. The molecule has 0 saturated heterocycles. The molecule has 0 fully saturated rings. The Morgan fingerprint density at radius 1 is 1.08 bits per heavy atom. The molecule has 2 rings (SSSR count). The molecule has 0 aliphatic heterocycles. The van der Waals surface area contributed by atoms with Crippen molar-refractivity contribution in [2.45, 2.75) is 19.9 Å². The zero-order valence-corrected chi connectivity index (χ0v) is 15.3. The van der Waals surface area contributed by atoms with Crippen LogP contribution in [0.5, 0.6) is 0 Å². The standard InChI is InChI=1S/C19H23FN4O2/c1-12(2)17(23-18(25)13-5-7-14(20)8-6-13)19(26)22-15-9-10-16(21-11-15)24(3)4/h5-12,17H,1-4H3,(H,22,26)(H,23,25). The lowest BCUT2D eigenvalue weighted by molar-refractivity contribution is -0.118. The third-order valence-electron chi connectivity index (χ3n) is 3.82. The van der Waals surface area contributed by atoms with E-state index in [-0.39, 0.29) is 11.8 Å². The summed E-state index contributed by atoms with van der Waals surface area (Å²) >= 11 is 0. The van der Waals surface area contributed by atoms with Crippen molar-refractivity contribution in [2.75, 3.05) is 24.3 Å². The summed E-state index contributed by atoms with van der Waals surface area (Å²) in [5.74, 6) is -0.551. The number of nitrogens with zero attached hydrogens (tertiary/aromatic N) is 2. The van der Waals surface area contributed by atoms with Crippen molar-refractivity contribution in [3.63, 3.8) is 0 Å². The van der Waals surface area contributed by atoms with Crippen LogP contribution < -0.4 is 15.5 Å². The van der Waals surface area contributed by atoms with Crippen LogP contribution in [0.1, 0.15) is 24.2 Å². The van der Waals surface area contributed by atoms with Gasteiger partial charge in [-0.1, -0.05) is 13.8 Å². The lowest BCUT2D eigenvalue weighted by atomic mass is 10.0. The normalized spacial score (nSPS) is 11.8. The Morgan fingerprint density at radius 3 is 2.23 bits per heavy atom. The molecule has 1 unspecified atom stereocenters. The predicted octanol–water partition coefficient (Wildman–Crippen LogP) is 2.68. The fourth-order valence-corrected chi connectivity index (χ4v) is 2.31. The van der Waals surface area contributed by atoms with Crippen LogP contribution in [0.25, 0.3) is 0 Å². The highest BCUT2D eigenvalue weighted by atomic mass is 19.1. The van der Waals surface area contributed by atoms with Gasteiger partial charge in [0.25, 0.3) is 5.91 Å². The molecular weight excluding hydrogens is 335 g/mol. The second kappa shape index (κ2) is 8.42. The number of hydrogen-bond donors (Lipinski definition) is 2. The van der Waals surface area contributed by atoms with Gasteiger partial charge in [-0.3, -0.25) is 9.59 Å². The average Bonchev–Trinajstić information content (AvgIpc) is 2.60. The second-order valence-electron chi connectivity index (χ2n) is 6.49. The van der Waals surface area contributed by atoms with Crippen molar-refractivity contribution in [3.05, 3.63) is 54.0 Å². The van der Waals surface area contributed by atoms with Gasteiger partial charge in [0.2, 0.25) is 5.91 Å². The van der Waals surface area contributed by atoms with Gasteiger partial charge < -0.3 is 15.5 Å². The molecule has 0 aliphatic rings. The van der Waals surface area contributed by atoms with Crippen molar-refractivity contribution in [3.8, 4) is 0 Å². The van der Waals surface area contributed by atoms with E-state index in [1.807, 2.05) is 32.8 Å². The maximum atomic E-state index is 13.0. The fourth-order valence-electron chi connectivity index (χ4n) is 2.31. The molecule has 1 aromatic carbocycles. The van der Waals surface area contributed by atoms with Crippen molar-refractivity contribution in [1.29, 1.82) is 0 Å². The average molecular weight is 358 g/mol. The zero-order chi connectivity index (χ0) is 19.3. The first-order valence-corrected chi connectivity index (χ1v) is 8.28. The molecule has 2 aromatic rings. The van der Waals surface area contributed by atoms with E-state index in [1.165, 1.54) is 24.3 Å². The van der Waals surface area contributed by atoms with Gasteiger partial charge in [0.1, 0.15) is 17.7 Å². The number of aromatic nitrogens is 1. The summed E-state index contributed by atoms with van der Waals surface area (Å²) in [6, 6.07) is 7.97. The minimum absolute atomic E-state index is 0.131. The van der Waals surface area contributed by atoms with Crippen LogP contribution in [0, 0.1) is 11.7 Å². The summed E-state index contributed by atoms with van der Waals surface area (Å²) in [4.78, 5) is 31.0. The number of halogens is 1. The molecule has 0 aliphatic carbocycles. The molecular formula is C19H23FN4O2. The number of nitrogens with one attached hydrogen (secondary N) is 2. The van der Waals surface area contributed by atoms with E-state index in [0.717, 1.165) is 5.82 Å². The van der Waals surface area contributed by atoms with Crippen molar-refractivity contribution in [1.82, 2.24) is 10.3 Å². The number of carbonyl (C=O) groups excluding carboxylic acids is 2. The lowest BCUT2D eigenvalue weighted by Crippen LogP contribution is -2.47. The number of pyridine rings is 1. The highest BCUT2D eigenvalue weighted by Crippen LogP contribution is 2.14. The molecule has 0 saturated carbocycles. The Labute approximate surface area is 152 Å². The largest absolute Gasteiger partial charge is 0.363 e. The summed E-state index contributed by atoms with van der Waals surface area (Å²) in [5, 5.41) is 5.46. The van der Waals surface area contributed by atoms with E-state index in [9.17, 15) is 14.0 Å². The summed E-state index contributed by atoms with van der Waals surface area (Å²) in [6.45, 7) is 3.67. The molecule has 1 atom stereocenters. The van der Waals surface area contributed by atoms with E-state index in [4.69, 9.17) is 0 Å². The van der Waals surface area contributed by atoms with Crippen LogP contribution >= 0.6 is 0 Å². The summed E-state index contributed by atoms with van der Waals surface area (Å²) in [5.41, 5.74) is 0.837. The van der Waals surface area contributed by atoms with Gasteiger partial charge in [-0.25, -0.2) is 9.37 Å². The number of amides is 2. The smallest absolute Gasteiger partial charge is 0.251 e. The third-order valence-corrected chi connectivity index (χ3v) is 3.82. The Balaban J connectivity index is 2.07. The highest BCUT2D eigenvalue weighted by Gasteiger charge is 2.25. The van der Waals surface area contributed by atoms with Crippen molar-refractivity contribution < 1.29 is 14.0 Å². The van der Waals surface area contributed by atoms with Crippen LogP contribution in [0.4, 0.5) is 15.9 Å². The SMILES string of the molecule is CC(C)C(NC(=O)c1ccc(F)cc1)C(=O)Nc1ccc(N(C)C)nc1. The quantitative estimate of drug-likeness (QED) is 0.833. The lowest BCUT2D eigenvalue weighted by Gasteiger charge is -2.22. The number of hydrogen-bond acceptors (Lipinski definition) is 4. The van der Waals surface area contributed by atoms with Gasteiger partial charge in [-0.2, -0.15) is 0 Å². The van der Waals surface area contributed by atoms with Gasteiger partial charge in [0, 0.05) is 19.7 Å². The minimum Gasteiger partial charge on any atom is -0.363 e. The number of carbonyl (C=O) groups is 2. The Bertz CT molecular complexity index is 758. The van der Waals surface area contributed by atoms with Crippen LogP contribution in [0.2, 0.25) is 0 Å². The van der Waals surface area contributed by atoms with Crippen LogP contribution in [-0.2, 0) is 4.79 Å².